The molecule has 2 aromatic rings. The van der Waals surface area contributed by atoms with E-state index in [1.165, 1.54) is 0 Å². The Morgan fingerprint density at radius 2 is 1.96 bits per heavy atom. The monoisotopic (exact) mass is 377 g/mol. The van der Waals surface area contributed by atoms with Crippen LogP contribution in [0.1, 0.15) is 30.8 Å². The van der Waals surface area contributed by atoms with Crippen molar-refractivity contribution in [2.45, 2.75) is 33.2 Å². The van der Waals surface area contributed by atoms with Gasteiger partial charge in [-0.15, -0.1) is 0 Å². The summed E-state index contributed by atoms with van der Waals surface area (Å²) in [6.45, 7) is 6.16. The molecule has 2 amide bonds. The van der Waals surface area contributed by atoms with E-state index in [9.17, 15) is 9.59 Å². The lowest BCUT2D eigenvalue weighted by Crippen LogP contribution is -2.25. The van der Waals surface area contributed by atoms with E-state index in [1.54, 1.807) is 36.9 Å². The normalized spacial score (nSPS) is 11.9. The Bertz CT molecular complexity index is 803. The third kappa shape index (κ3) is 5.06. The van der Waals surface area contributed by atoms with Crippen molar-refractivity contribution in [3.8, 4) is 0 Å². The van der Waals surface area contributed by atoms with Gasteiger partial charge in [0.25, 0.3) is 0 Å². The molecule has 0 bridgehead atoms. The van der Waals surface area contributed by atoms with Crippen LogP contribution in [0, 0.1) is 13.8 Å². The topological polar surface area (TPSA) is 88.0 Å². The van der Waals surface area contributed by atoms with Crippen LogP contribution < -0.4 is 16.0 Å². The average Bonchev–Trinajstić information content (AvgIpc) is 2.93. The molecule has 2 rings (SSSR count). The number of hydrogen-bond donors (Lipinski definition) is 3. The molecule has 0 spiro atoms. The van der Waals surface area contributed by atoms with Gasteiger partial charge in [0.15, 0.2) is 0 Å². The van der Waals surface area contributed by atoms with Crippen LogP contribution in [-0.4, -0.2) is 35.2 Å². The van der Waals surface area contributed by atoms with Gasteiger partial charge in [-0.2, -0.15) is 5.10 Å². The predicted molar refractivity (Wildman–Crippen MR) is 104 cm³/mol. The summed E-state index contributed by atoms with van der Waals surface area (Å²) in [6, 6.07) is 6.43. The summed E-state index contributed by atoms with van der Waals surface area (Å²) in [7, 11) is 1.79. The van der Waals surface area contributed by atoms with E-state index in [0.29, 0.717) is 29.4 Å². The molecule has 0 aliphatic carbocycles. The molecule has 0 radical (unpaired) electrons. The van der Waals surface area contributed by atoms with Gasteiger partial charge in [-0.25, -0.2) is 0 Å². The number of anilines is 2. The van der Waals surface area contributed by atoms with Crippen molar-refractivity contribution in [3.63, 3.8) is 0 Å². The summed E-state index contributed by atoms with van der Waals surface area (Å²) in [5, 5.41) is 13.2. The number of amides is 2. The maximum Gasteiger partial charge on any atom is 0.248 e. The van der Waals surface area contributed by atoms with E-state index in [0.717, 1.165) is 11.4 Å². The number of nitrogens with one attached hydrogen (secondary N) is 3. The largest absolute Gasteiger partial charge is 0.326 e. The zero-order valence-corrected chi connectivity index (χ0v) is 16.1. The first-order valence-corrected chi connectivity index (χ1v) is 8.77. The fourth-order valence-corrected chi connectivity index (χ4v) is 2.77. The summed E-state index contributed by atoms with van der Waals surface area (Å²) in [5.41, 5.74) is 2.84. The van der Waals surface area contributed by atoms with E-state index >= 15 is 0 Å². The first kappa shape index (κ1) is 19.9. The maximum absolute atomic E-state index is 12.5. The zero-order chi connectivity index (χ0) is 19.3. The highest BCUT2D eigenvalue weighted by Crippen LogP contribution is 2.26. The van der Waals surface area contributed by atoms with E-state index in [4.69, 9.17) is 11.6 Å². The van der Waals surface area contributed by atoms with Gasteiger partial charge in [-0.3, -0.25) is 14.3 Å². The summed E-state index contributed by atoms with van der Waals surface area (Å²) >= 11 is 6.25. The quantitative estimate of drug-likeness (QED) is 0.692. The molecule has 1 aromatic carbocycles. The van der Waals surface area contributed by atoms with Crippen LogP contribution in [0.4, 0.5) is 11.4 Å². The van der Waals surface area contributed by atoms with Gasteiger partial charge in [0.1, 0.15) is 6.04 Å². The first-order chi connectivity index (χ1) is 12.3. The third-order valence-electron chi connectivity index (χ3n) is 3.90. The van der Waals surface area contributed by atoms with Crippen molar-refractivity contribution in [2.24, 2.45) is 0 Å². The van der Waals surface area contributed by atoms with Gasteiger partial charge in [0, 0.05) is 24.3 Å². The molecule has 1 heterocycles. The molecule has 0 saturated carbocycles. The van der Waals surface area contributed by atoms with Gasteiger partial charge < -0.3 is 16.0 Å². The Balaban J connectivity index is 2.04. The van der Waals surface area contributed by atoms with Crippen LogP contribution >= 0.6 is 11.6 Å². The number of rotatable bonds is 7. The molecule has 0 fully saturated rings. The Labute approximate surface area is 158 Å². The van der Waals surface area contributed by atoms with E-state index < -0.39 is 6.04 Å². The molecule has 0 saturated heterocycles. The molecule has 0 aliphatic heterocycles. The first-order valence-electron chi connectivity index (χ1n) is 8.39. The zero-order valence-electron chi connectivity index (χ0n) is 15.4. The van der Waals surface area contributed by atoms with Crippen molar-refractivity contribution in [1.29, 1.82) is 0 Å². The number of hydrogen-bond acceptors (Lipinski definition) is 4. The predicted octanol–water partition coefficient (Wildman–Crippen LogP) is 2.90. The molecular weight excluding hydrogens is 354 g/mol. The second kappa shape index (κ2) is 8.82. The van der Waals surface area contributed by atoms with Crippen molar-refractivity contribution in [2.75, 3.05) is 24.2 Å². The summed E-state index contributed by atoms with van der Waals surface area (Å²) in [5.74, 6) is -0.325. The minimum atomic E-state index is -0.472. The molecular formula is C18H24ClN5O2. The Morgan fingerprint density at radius 3 is 2.54 bits per heavy atom. The van der Waals surface area contributed by atoms with Gasteiger partial charge in [0.05, 0.1) is 16.4 Å². The smallest absolute Gasteiger partial charge is 0.248 e. The van der Waals surface area contributed by atoms with Gasteiger partial charge in [-0.05, 0) is 52.1 Å². The number of aryl methyl sites for hydroxylation is 2. The fourth-order valence-electron chi connectivity index (χ4n) is 2.54. The summed E-state index contributed by atoms with van der Waals surface area (Å²) < 4.78 is 1.68. The number of carbonyl (C=O) groups excluding carboxylic acids is 2. The van der Waals surface area contributed by atoms with E-state index in [1.807, 2.05) is 19.9 Å². The molecule has 1 atom stereocenters. The molecule has 3 N–H and O–H groups in total. The van der Waals surface area contributed by atoms with Crippen molar-refractivity contribution in [1.82, 2.24) is 15.1 Å². The minimum Gasteiger partial charge on any atom is -0.326 e. The van der Waals surface area contributed by atoms with Crippen LogP contribution in [0.15, 0.2) is 24.3 Å². The maximum atomic E-state index is 12.5. The molecule has 7 nitrogen and oxygen atoms in total. The van der Waals surface area contributed by atoms with E-state index in [2.05, 4.69) is 21.0 Å². The molecule has 8 heteroatoms. The minimum absolute atomic E-state index is 0.106. The highest BCUT2D eigenvalue weighted by molar-refractivity contribution is 6.34. The molecule has 1 unspecified atom stereocenters. The molecule has 26 heavy (non-hydrogen) atoms. The highest BCUT2D eigenvalue weighted by Gasteiger charge is 2.19. The van der Waals surface area contributed by atoms with Crippen LogP contribution in [0.2, 0.25) is 5.02 Å². The Hall–Kier alpha value is -2.38. The van der Waals surface area contributed by atoms with Gasteiger partial charge >= 0.3 is 0 Å². The van der Waals surface area contributed by atoms with Gasteiger partial charge in [-0.1, -0.05) is 11.6 Å². The molecule has 0 aliphatic rings. The average molecular weight is 378 g/mol. The number of benzene rings is 1. The van der Waals surface area contributed by atoms with Crippen molar-refractivity contribution < 1.29 is 9.59 Å². The fraction of sp³-hybridized carbons (Fsp3) is 0.389. The van der Waals surface area contributed by atoms with Crippen molar-refractivity contribution in [3.05, 3.63) is 40.7 Å². The Kier molecular flexibility index (Phi) is 6.76. The van der Waals surface area contributed by atoms with E-state index in [-0.39, 0.29) is 11.8 Å². The summed E-state index contributed by atoms with van der Waals surface area (Å²) in [6.07, 6.45) is 0.368. The standard InChI is InChI=1S/C18H24ClN5O2/c1-11-9-12(2)24(23-11)13(3)18(26)22-16-6-5-14(10-15(16)19)21-17(25)7-8-20-4/h5-6,9-10,13,20H,7-8H2,1-4H3,(H,21,25)(H,22,26). The second-order valence-corrected chi connectivity index (χ2v) is 6.54. The van der Waals surface area contributed by atoms with Crippen LogP contribution in [0.25, 0.3) is 0 Å². The number of aromatic nitrogens is 2. The van der Waals surface area contributed by atoms with Crippen LogP contribution in [0.3, 0.4) is 0 Å². The summed E-state index contributed by atoms with van der Waals surface area (Å²) in [4.78, 5) is 24.3. The van der Waals surface area contributed by atoms with Crippen molar-refractivity contribution >= 4 is 34.8 Å². The Morgan fingerprint density at radius 1 is 1.23 bits per heavy atom. The molecule has 140 valence electrons. The number of halogens is 1. The third-order valence-corrected chi connectivity index (χ3v) is 4.22. The number of carbonyl (C=O) groups is 2. The lowest BCUT2D eigenvalue weighted by atomic mass is 10.2. The number of nitrogens with zero attached hydrogens (tertiary/aromatic N) is 2. The molecule has 1 aromatic heterocycles. The lowest BCUT2D eigenvalue weighted by Gasteiger charge is -2.16. The van der Waals surface area contributed by atoms with Crippen LogP contribution in [0.5, 0.6) is 0 Å². The lowest BCUT2D eigenvalue weighted by molar-refractivity contribution is -0.119. The van der Waals surface area contributed by atoms with Crippen LogP contribution in [-0.2, 0) is 9.59 Å². The SMILES string of the molecule is CNCCC(=O)Nc1ccc(NC(=O)C(C)n2nc(C)cc2C)c(Cl)c1. The highest BCUT2D eigenvalue weighted by atomic mass is 35.5. The van der Waals surface area contributed by atoms with Gasteiger partial charge in [0.2, 0.25) is 11.8 Å². The second-order valence-electron chi connectivity index (χ2n) is 6.13.